The predicted octanol–water partition coefficient (Wildman–Crippen LogP) is 1.03. The summed E-state index contributed by atoms with van der Waals surface area (Å²) < 4.78 is 0. The molecule has 1 rings (SSSR count). The van der Waals surface area contributed by atoms with Gasteiger partial charge in [0.15, 0.2) is 0 Å². The molecular weight excluding hydrogens is 178 g/mol. The highest BCUT2D eigenvalue weighted by Gasteiger charge is 2.24. The molecule has 0 spiro atoms. The number of aliphatic hydroxyl groups is 2. The molecular formula is C11H23NO2. The fraction of sp³-hybridized carbons (Fsp3) is 1.00. The summed E-state index contributed by atoms with van der Waals surface area (Å²) in [6.07, 6.45) is 5.77. The Bertz CT molecular complexity index is 155. The average molecular weight is 201 g/mol. The van der Waals surface area contributed by atoms with E-state index in [2.05, 4.69) is 0 Å². The topological polar surface area (TPSA) is 66.5 Å². The smallest absolute Gasteiger partial charge is 0.0946 e. The van der Waals surface area contributed by atoms with E-state index in [1.807, 2.05) is 0 Å². The van der Waals surface area contributed by atoms with E-state index in [1.165, 1.54) is 32.1 Å². The summed E-state index contributed by atoms with van der Waals surface area (Å²) in [4.78, 5) is 0. The van der Waals surface area contributed by atoms with Gasteiger partial charge in [-0.15, -0.1) is 0 Å². The maximum atomic E-state index is 9.55. The van der Waals surface area contributed by atoms with Gasteiger partial charge in [-0.3, -0.25) is 0 Å². The molecule has 0 aliphatic heterocycles. The van der Waals surface area contributed by atoms with Crippen molar-refractivity contribution < 1.29 is 10.2 Å². The van der Waals surface area contributed by atoms with Crippen molar-refractivity contribution in [1.82, 2.24) is 0 Å². The lowest BCUT2D eigenvalue weighted by Crippen LogP contribution is -2.43. The second kappa shape index (κ2) is 5.69. The third-order valence-corrected chi connectivity index (χ3v) is 3.26. The van der Waals surface area contributed by atoms with Crippen LogP contribution in [0.1, 0.15) is 45.4 Å². The summed E-state index contributed by atoms with van der Waals surface area (Å²) in [5.74, 6) is 0.659. The lowest BCUT2D eigenvalue weighted by molar-refractivity contribution is 0.00903. The molecule has 3 atom stereocenters. The largest absolute Gasteiger partial charge is 0.391 e. The fourth-order valence-corrected chi connectivity index (χ4v) is 2.30. The van der Waals surface area contributed by atoms with E-state index in [0.29, 0.717) is 5.92 Å². The van der Waals surface area contributed by atoms with E-state index in [4.69, 9.17) is 5.73 Å². The van der Waals surface area contributed by atoms with Gasteiger partial charge < -0.3 is 15.9 Å². The number of aliphatic hydroxyl groups excluding tert-OH is 2. The molecule has 84 valence electrons. The van der Waals surface area contributed by atoms with Crippen LogP contribution in [-0.4, -0.2) is 28.5 Å². The summed E-state index contributed by atoms with van der Waals surface area (Å²) in [6.45, 7) is 1.59. The summed E-state index contributed by atoms with van der Waals surface area (Å²) >= 11 is 0. The Morgan fingerprint density at radius 2 is 1.79 bits per heavy atom. The maximum Gasteiger partial charge on any atom is 0.0946 e. The molecule has 0 saturated heterocycles. The first-order valence-electron chi connectivity index (χ1n) is 5.73. The van der Waals surface area contributed by atoms with Crippen molar-refractivity contribution in [3.63, 3.8) is 0 Å². The van der Waals surface area contributed by atoms with Crippen molar-refractivity contribution in [2.24, 2.45) is 11.7 Å². The third kappa shape index (κ3) is 3.56. The maximum absolute atomic E-state index is 9.55. The van der Waals surface area contributed by atoms with E-state index in [-0.39, 0.29) is 6.04 Å². The van der Waals surface area contributed by atoms with Crippen molar-refractivity contribution in [2.45, 2.75) is 63.7 Å². The van der Waals surface area contributed by atoms with Crippen LogP contribution in [-0.2, 0) is 0 Å². The lowest BCUT2D eigenvalue weighted by atomic mass is 9.83. The van der Waals surface area contributed by atoms with Crippen molar-refractivity contribution in [2.75, 3.05) is 0 Å². The summed E-state index contributed by atoms with van der Waals surface area (Å²) in [5, 5.41) is 18.7. The highest BCUT2D eigenvalue weighted by Crippen LogP contribution is 2.27. The minimum absolute atomic E-state index is 0.266. The van der Waals surface area contributed by atoms with Gasteiger partial charge in [0.2, 0.25) is 0 Å². The van der Waals surface area contributed by atoms with Gasteiger partial charge in [0, 0.05) is 6.04 Å². The molecule has 0 amide bonds. The molecule has 0 aromatic heterocycles. The second-order valence-electron chi connectivity index (χ2n) is 4.63. The Morgan fingerprint density at radius 3 is 2.29 bits per heavy atom. The van der Waals surface area contributed by atoms with Gasteiger partial charge in [-0.2, -0.15) is 0 Å². The number of hydrogen-bond donors (Lipinski definition) is 3. The number of rotatable bonds is 4. The van der Waals surface area contributed by atoms with Crippen LogP contribution in [0.2, 0.25) is 0 Å². The van der Waals surface area contributed by atoms with Gasteiger partial charge in [-0.1, -0.05) is 32.1 Å². The van der Waals surface area contributed by atoms with Crippen molar-refractivity contribution in [3.8, 4) is 0 Å². The summed E-state index contributed by atoms with van der Waals surface area (Å²) in [7, 11) is 0. The van der Waals surface area contributed by atoms with Gasteiger partial charge in [0.1, 0.15) is 0 Å². The molecule has 0 radical (unpaired) electrons. The Balaban J connectivity index is 2.27. The highest BCUT2D eigenvalue weighted by atomic mass is 16.3. The number of hydrogen-bond acceptors (Lipinski definition) is 3. The van der Waals surface area contributed by atoms with Crippen molar-refractivity contribution in [1.29, 1.82) is 0 Å². The molecule has 2 unspecified atom stereocenters. The van der Waals surface area contributed by atoms with Crippen LogP contribution in [0.3, 0.4) is 0 Å². The summed E-state index contributed by atoms with van der Waals surface area (Å²) in [6, 6.07) is -0.266. The van der Waals surface area contributed by atoms with Crippen molar-refractivity contribution >= 4 is 0 Å². The van der Waals surface area contributed by atoms with Gasteiger partial charge >= 0.3 is 0 Å². The molecule has 1 aliphatic rings. The van der Waals surface area contributed by atoms with E-state index in [9.17, 15) is 10.2 Å². The zero-order valence-electron chi connectivity index (χ0n) is 9.02. The molecule has 4 N–H and O–H groups in total. The normalized spacial score (nSPS) is 25.7. The Kier molecular flexibility index (Phi) is 4.85. The van der Waals surface area contributed by atoms with Crippen LogP contribution in [0.5, 0.6) is 0 Å². The monoisotopic (exact) mass is 201 g/mol. The van der Waals surface area contributed by atoms with Gasteiger partial charge in [0.05, 0.1) is 12.2 Å². The van der Waals surface area contributed by atoms with Crippen molar-refractivity contribution in [3.05, 3.63) is 0 Å². The molecule has 3 heteroatoms. The Labute approximate surface area is 86.3 Å². The molecule has 0 aromatic rings. The van der Waals surface area contributed by atoms with E-state index in [0.717, 1.165) is 6.42 Å². The minimum Gasteiger partial charge on any atom is -0.391 e. The van der Waals surface area contributed by atoms with E-state index in [1.54, 1.807) is 6.92 Å². The average Bonchev–Trinajstić information content (AvgIpc) is 2.18. The van der Waals surface area contributed by atoms with Crippen LogP contribution in [0.15, 0.2) is 0 Å². The molecule has 1 fully saturated rings. The fourth-order valence-electron chi connectivity index (χ4n) is 2.30. The molecule has 0 heterocycles. The first kappa shape index (κ1) is 12.0. The highest BCUT2D eigenvalue weighted by molar-refractivity contribution is 4.80. The first-order chi connectivity index (χ1) is 6.61. The molecule has 3 nitrogen and oxygen atoms in total. The van der Waals surface area contributed by atoms with Gasteiger partial charge in [-0.25, -0.2) is 0 Å². The predicted molar refractivity (Wildman–Crippen MR) is 56.9 cm³/mol. The quantitative estimate of drug-likeness (QED) is 0.636. The molecule has 1 aliphatic carbocycles. The van der Waals surface area contributed by atoms with Gasteiger partial charge in [-0.05, 0) is 19.3 Å². The first-order valence-corrected chi connectivity index (χ1v) is 5.73. The number of nitrogens with two attached hydrogens (primary N) is 1. The molecule has 0 bridgehead atoms. The Morgan fingerprint density at radius 1 is 1.21 bits per heavy atom. The molecule has 14 heavy (non-hydrogen) atoms. The zero-order chi connectivity index (χ0) is 10.6. The summed E-state index contributed by atoms with van der Waals surface area (Å²) in [5.41, 5.74) is 5.84. The van der Waals surface area contributed by atoms with Gasteiger partial charge in [0.25, 0.3) is 0 Å². The standard InChI is InChI=1S/C11H23NO2/c1-8(13)11(14)10(12)7-9-5-3-2-4-6-9/h8-11,13-14H,2-7,12H2,1H3/t8?,10-,11?/m0/s1. The third-order valence-electron chi connectivity index (χ3n) is 3.26. The van der Waals surface area contributed by atoms with E-state index >= 15 is 0 Å². The molecule has 0 aromatic carbocycles. The van der Waals surface area contributed by atoms with Crippen LogP contribution in [0, 0.1) is 5.92 Å². The molecule has 1 saturated carbocycles. The zero-order valence-corrected chi connectivity index (χ0v) is 9.02. The Hall–Kier alpha value is -0.120. The van der Waals surface area contributed by atoms with Crippen LogP contribution >= 0.6 is 0 Å². The second-order valence-corrected chi connectivity index (χ2v) is 4.63. The van der Waals surface area contributed by atoms with Crippen LogP contribution in [0.4, 0.5) is 0 Å². The van der Waals surface area contributed by atoms with E-state index < -0.39 is 12.2 Å². The lowest BCUT2D eigenvalue weighted by Gasteiger charge is -2.28. The van der Waals surface area contributed by atoms with Crippen LogP contribution in [0.25, 0.3) is 0 Å². The SMILES string of the molecule is CC(O)C(O)[C@@H](N)CC1CCCCC1. The minimum atomic E-state index is -0.767. The van der Waals surface area contributed by atoms with Crippen LogP contribution < -0.4 is 5.73 Å².